The highest BCUT2D eigenvalue weighted by molar-refractivity contribution is 5.85. The molecule has 1 aliphatic carbocycles. The molecule has 1 aliphatic rings. The first kappa shape index (κ1) is 21.9. The maximum absolute atomic E-state index is 13.0. The lowest BCUT2D eigenvalue weighted by atomic mass is 9.94. The fourth-order valence-corrected chi connectivity index (χ4v) is 3.37. The van der Waals surface area contributed by atoms with Crippen LogP contribution in [0.1, 0.15) is 24.8 Å². The quantitative estimate of drug-likeness (QED) is 0.642. The van der Waals surface area contributed by atoms with Gasteiger partial charge in [-0.25, -0.2) is 0 Å². The van der Waals surface area contributed by atoms with Crippen LogP contribution in [0, 0.1) is 11.8 Å². The van der Waals surface area contributed by atoms with E-state index in [-0.39, 0.29) is 24.2 Å². The van der Waals surface area contributed by atoms with E-state index in [9.17, 15) is 4.79 Å². The predicted octanol–water partition coefficient (Wildman–Crippen LogP) is 2.48. The average molecular weight is 371 g/mol. The Bertz CT molecular complexity index is 487. The van der Waals surface area contributed by atoms with Crippen LogP contribution in [0.15, 0.2) is 30.3 Å². The van der Waals surface area contributed by atoms with Crippen molar-refractivity contribution in [3.05, 3.63) is 35.9 Å². The third kappa shape index (κ3) is 6.94. The normalized spacial score (nSPS) is 19.4. The number of carbonyl (C=O) groups excluding carboxylic acids is 1. The Morgan fingerprint density at radius 1 is 1.20 bits per heavy atom. The molecule has 0 saturated heterocycles. The number of hydrogen-bond acceptors (Lipinski definition) is 4. The third-order valence-electron chi connectivity index (χ3n) is 4.74. The van der Waals surface area contributed by atoms with Gasteiger partial charge in [-0.3, -0.25) is 4.79 Å². The molecule has 0 spiro atoms. The Morgan fingerprint density at radius 2 is 1.96 bits per heavy atom. The van der Waals surface area contributed by atoms with Crippen molar-refractivity contribution in [2.45, 2.75) is 25.8 Å². The smallest absolute Gasteiger partial charge is 0.226 e. The van der Waals surface area contributed by atoms with Crippen LogP contribution in [0.4, 0.5) is 0 Å². The van der Waals surface area contributed by atoms with Crippen LogP contribution in [0.25, 0.3) is 0 Å². The maximum Gasteiger partial charge on any atom is 0.226 e. The molecule has 25 heavy (non-hydrogen) atoms. The van der Waals surface area contributed by atoms with Gasteiger partial charge in [0.05, 0.1) is 19.8 Å². The van der Waals surface area contributed by atoms with Gasteiger partial charge in [0.15, 0.2) is 0 Å². The minimum absolute atomic E-state index is 0. The summed E-state index contributed by atoms with van der Waals surface area (Å²) in [6, 6.07) is 10.1. The molecule has 0 aliphatic heterocycles. The van der Waals surface area contributed by atoms with Gasteiger partial charge >= 0.3 is 0 Å². The van der Waals surface area contributed by atoms with E-state index in [1.54, 1.807) is 7.11 Å². The highest BCUT2D eigenvalue weighted by Crippen LogP contribution is 2.32. The molecule has 0 unspecified atom stereocenters. The van der Waals surface area contributed by atoms with Crippen LogP contribution in [-0.2, 0) is 20.8 Å². The SMILES string of the molecule is COCCOCCN(Cc1ccccc1)C(=O)[C@@H]1CCC[C@@H]1CN.Cl. The van der Waals surface area contributed by atoms with Crippen LogP contribution < -0.4 is 5.73 Å². The van der Waals surface area contributed by atoms with Crippen molar-refractivity contribution in [3.63, 3.8) is 0 Å². The predicted molar refractivity (Wildman–Crippen MR) is 102 cm³/mol. The van der Waals surface area contributed by atoms with Gasteiger partial charge in [0, 0.05) is 26.1 Å². The van der Waals surface area contributed by atoms with Gasteiger partial charge in [-0.1, -0.05) is 36.8 Å². The van der Waals surface area contributed by atoms with Crippen LogP contribution >= 0.6 is 12.4 Å². The lowest BCUT2D eigenvalue weighted by Gasteiger charge is -2.28. The van der Waals surface area contributed by atoms with E-state index in [1.807, 2.05) is 23.1 Å². The second-order valence-electron chi connectivity index (χ2n) is 6.38. The molecule has 142 valence electrons. The summed E-state index contributed by atoms with van der Waals surface area (Å²) >= 11 is 0. The van der Waals surface area contributed by atoms with E-state index >= 15 is 0 Å². The molecule has 2 atom stereocenters. The standard InChI is InChI=1S/C19H30N2O3.ClH/c1-23-12-13-24-11-10-21(15-16-6-3-2-4-7-16)19(22)18-9-5-8-17(18)14-20;/h2-4,6-7,17-18H,5,8-15,20H2,1H3;1H/t17-,18-;/m1./s1. The summed E-state index contributed by atoms with van der Waals surface area (Å²) in [4.78, 5) is 15.0. The molecule has 1 amide bonds. The van der Waals surface area contributed by atoms with E-state index in [0.717, 1.165) is 24.8 Å². The summed E-state index contributed by atoms with van der Waals surface area (Å²) in [5, 5.41) is 0. The summed E-state index contributed by atoms with van der Waals surface area (Å²) in [5.41, 5.74) is 7.00. The van der Waals surface area contributed by atoms with Crippen molar-refractivity contribution in [1.82, 2.24) is 4.90 Å². The van der Waals surface area contributed by atoms with Gasteiger partial charge in [0.1, 0.15) is 0 Å². The molecule has 1 fully saturated rings. The number of methoxy groups -OCH3 is 1. The van der Waals surface area contributed by atoms with Crippen molar-refractivity contribution >= 4 is 18.3 Å². The first-order chi connectivity index (χ1) is 11.8. The number of halogens is 1. The number of carbonyl (C=O) groups is 1. The number of nitrogens with zero attached hydrogens (tertiary/aromatic N) is 1. The average Bonchev–Trinajstić information content (AvgIpc) is 3.09. The lowest BCUT2D eigenvalue weighted by molar-refractivity contribution is -0.138. The van der Waals surface area contributed by atoms with Gasteiger partial charge in [-0.2, -0.15) is 0 Å². The molecule has 2 N–H and O–H groups in total. The number of amides is 1. The van der Waals surface area contributed by atoms with E-state index in [1.165, 1.54) is 0 Å². The zero-order valence-electron chi connectivity index (χ0n) is 15.1. The van der Waals surface area contributed by atoms with E-state index < -0.39 is 0 Å². The molecular weight excluding hydrogens is 340 g/mol. The molecule has 0 aromatic heterocycles. The van der Waals surface area contributed by atoms with Crippen molar-refractivity contribution in [1.29, 1.82) is 0 Å². The molecule has 2 rings (SSSR count). The first-order valence-corrected chi connectivity index (χ1v) is 8.85. The number of nitrogens with two attached hydrogens (primary N) is 1. The third-order valence-corrected chi connectivity index (χ3v) is 4.74. The van der Waals surface area contributed by atoms with Crippen molar-refractivity contribution in [2.24, 2.45) is 17.6 Å². The second-order valence-corrected chi connectivity index (χ2v) is 6.38. The first-order valence-electron chi connectivity index (χ1n) is 8.85. The maximum atomic E-state index is 13.0. The van der Waals surface area contributed by atoms with Gasteiger partial charge in [0.2, 0.25) is 5.91 Å². The van der Waals surface area contributed by atoms with Crippen LogP contribution in [0.2, 0.25) is 0 Å². The van der Waals surface area contributed by atoms with Crippen LogP contribution in [0.3, 0.4) is 0 Å². The van der Waals surface area contributed by atoms with Gasteiger partial charge in [-0.05, 0) is 30.9 Å². The van der Waals surface area contributed by atoms with Gasteiger partial charge < -0.3 is 20.1 Å². The Labute approximate surface area is 157 Å². The molecular formula is C19H31ClN2O3. The largest absolute Gasteiger partial charge is 0.382 e. The zero-order chi connectivity index (χ0) is 17.2. The zero-order valence-corrected chi connectivity index (χ0v) is 15.9. The summed E-state index contributed by atoms with van der Waals surface area (Å²) in [5.74, 6) is 0.616. The fourth-order valence-electron chi connectivity index (χ4n) is 3.37. The van der Waals surface area contributed by atoms with Crippen molar-refractivity contribution < 1.29 is 14.3 Å². The summed E-state index contributed by atoms with van der Waals surface area (Å²) < 4.78 is 10.5. The summed E-state index contributed by atoms with van der Waals surface area (Å²) in [6.45, 7) is 3.48. The summed E-state index contributed by atoms with van der Waals surface area (Å²) in [7, 11) is 1.65. The number of benzene rings is 1. The number of rotatable bonds is 10. The minimum atomic E-state index is 0. The molecule has 0 radical (unpaired) electrons. The second kappa shape index (κ2) is 12.3. The molecule has 6 heteroatoms. The minimum Gasteiger partial charge on any atom is -0.382 e. The Hall–Kier alpha value is -1.14. The van der Waals surface area contributed by atoms with Crippen LogP contribution in [-0.4, -0.2) is 50.8 Å². The molecule has 0 bridgehead atoms. The molecule has 1 aromatic rings. The van der Waals surface area contributed by atoms with E-state index in [4.69, 9.17) is 15.2 Å². The van der Waals surface area contributed by atoms with Gasteiger partial charge in [-0.15, -0.1) is 12.4 Å². The Kier molecular flexibility index (Phi) is 10.7. The molecule has 1 saturated carbocycles. The fraction of sp³-hybridized carbons (Fsp3) is 0.632. The highest BCUT2D eigenvalue weighted by atomic mass is 35.5. The number of ether oxygens (including phenoxy) is 2. The monoisotopic (exact) mass is 370 g/mol. The molecule has 5 nitrogen and oxygen atoms in total. The van der Waals surface area contributed by atoms with Crippen molar-refractivity contribution in [2.75, 3.05) is 40.0 Å². The Balaban J connectivity index is 0.00000312. The highest BCUT2D eigenvalue weighted by Gasteiger charge is 2.34. The molecule has 1 aromatic carbocycles. The van der Waals surface area contributed by atoms with E-state index in [2.05, 4.69) is 12.1 Å². The topological polar surface area (TPSA) is 64.8 Å². The lowest BCUT2D eigenvalue weighted by Crippen LogP contribution is -2.40. The van der Waals surface area contributed by atoms with Crippen LogP contribution in [0.5, 0.6) is 0 Å². The molecule has 0 heterocycles. The Morgan fingerprint density at radius 3 is 2.64 bits per heavy atom. The summed E-state index contributed by atoms with van der Waals surface area (Å²) in [6.07, 6.45) is 3.12. The van der Waals surface area contributed by atoms with Gasteiger partial charge in [0.25, 0.3) is 0 Å². The van der Waals surface area contributed by atoms with E-state index in [0.29, 0.717) is 45.4 Å². The van der Waals surface area contributed by atoms with Crippen molar-refractivity contribution in [3.8, 4) is 0 Å². The number of hydrogen-bond donors (Lipinski definition) is 1.